The van der Waals surface area contributed by atoms with Gasteiger partial charge in [0.15, 0.2) is 5.82 Å². The third kappa shape index (κ3) is 3.30. The van der Waals surface area contributed by atoms with Crippen LogP contribution in [0.2, 0.25) is 0 Å². The predicted octanol–water partition coefficient (Wildman–Crippen LogP) is 0.665. The number of aryl methyl sites for hydroxylation is 1. The van der Waals surface area contributed by atoms with E-state index < -0.39 is 0 Å². The number of methoxy groups -OCH3 is 1. The van der Waals surface area contributed by atoms with E-state index in [1.54, 1.807) is 6.92 Å². The molecule has 6 nitrogen and oxygen atoms in total. The molecule has 0 saturated carbocycles. The standard InChI is InChI=1S/C10H17N3O3/c1-6(10(14)15-4)7(2)11-5-9-12-8(3)16-13-9/h6-7,11H,5H2,1-4H3. The summed E-state index contributed by atoms with van der Waals surface area (Å²) >= 11 is 0. The summed E-state index contributed by atoms with van der Waals surface area (Å²) < 4.78 is 9.49. The van der Waals surface area contributed by atoms with Crippen LogP contribution in [0.3, 0.4) is 0 Å². The highest BCUT2D eigenvalue weighted by Gasteiger charge is 2.20. The minimum absolute atomic E-state index is 0.00810. The van der Waals surface area contributed by atoms with Crippen molar-refractivity contribution >= 4 is 5.97 Å². The van der Waals surface area contributed by atoms with Crippen LogP contribution in [0.5, 0.6) is 0 Å². The molecule has 1 aromatic rings. The van der Waals surface area contributed by atoms with Gasteiger partial charge < -0.3 is 14.6 Å². The Kier molecular flexibility index (Phi) is 4.42. The molecule has 0 bridgehead atoms. The highest BCUT2D eigenvalue weighted by Crippen LogP contribution is 2.05. The fourth-order valence-corrected chi connectivity index (χ4v) is 1.23. The molecule has 1 N–H and O–H groups in total. The van der Waals surface area contributed by atoms with Crippen molar-refractivity contribution in [2.45, 2.75) is 33.4 Å². The summed E-state index contributed by atoms with van der Waals surface area (Å²) in [6.07, 6.45) is 0. The van der Waals surface area contributed by atoms with E-state index in [-0.39, 0.29) is 17.9 Å². The molecule has 2 atom stereocenters. The van der Waals surface area contributed by atoms with Crippen molar-refractivity contribution in [3.63, 3.8) is 0 Å². The number of carbonyl (C=O) groups excluding carboxylic acids is 1. The molecule has 0 amide bonds. The second kappa shape index (κ2) is 5.60. The van der Waals surface area contributed by atoms with Gasteiger partial charge >= 0.3 is 5.97 Å². The molecular formula is C10H17N3O3. The lowest BCUT2D eigenvalue weighted by atomic mass is 10.0. The van der Waals surface area contributed by atoms with E-state index in [9.17, 15) is 4.79 Å². The molecular weight excluding hydrogens is 210 g/mol. The molecule has 0 aromatic carbocycles. The average molecular weight is 227 g/mol. The van der Waals surface area contributed by atoms with Gasteiger partial charge in [-0.25, -0.2) is 0 Å². The Morgan fingerprint density at radius 2 is 2.25 bits per heavy atom. The normalized spacial score (nSPS) is 14.5. The van der Waals surface area contributed by atoms with Gasteiger partial charge in [0.2, 0.25) is 5.89 Å². The summed E-state index contributed by atoms with van der Waals surface area (Å²) in [6, 6.07) is -0.00810. The van der Waals surface area contributed by atoms with Gasteiger partial charge in [0.1, 0.15) is 0 Å². The molecule has 90 valence electrons. The fraction of sp³-hybridized carbons (Fsp3) is 0.700. The van der Waals surface area contributed by atoms with Crippen molar-refractivity contribution in [2.75, 3.05) is 7.11 Å². The Balaban J connectivity index is 2.40. The minimum atomic E-state index is -0.232. The van der Waals surface area contributed by atoms with Gasteiger partial charge in [0, 0.05) is 13.0 Å². The predicted molar refractivity (Wildman–Crippen MR) is 56.5 cm³/mol. The van der Waals surface area contributed by atoms with E-state index in [0.29, 0.717) is 18.3 Å². The number of hydrogen-bond acceptors (Lipinski definition) is 6. The lowest BCUT2D eigenvalue weighted by Gasteiger charge is -2.18. The van der Waals surface area contributed by atoms with E-state index in [1.807, 2.05) is 13.8 Å². The topological polar surface area (TPSA) is 77.2 Å². The van der Waals surface area contributed by atoms with Gasteiger partial charge in [0.25, 0.3) is 0 Å². The first-order valence-electron chi connectivity index (χ1n) is 5.15. The summed E-state index contributed by atoms with van der Waals surface area (Å²) in [5, 5.41) is 6.89. The van der Waals surface area contributed by atoms with Crippen LogP contribution in [-0.4, -0.2) is 29.3 Å². The molecule has 0 saturated heterocycles. The Morgan fingerprint density at radius 3 is 2.75 bits per heavy atom. The number of nitrogens with one attached hydrogen (secondary N) is 1. The summed E-state index contributed by atoms with van der Waals surface area (Å²) in [6.45, 7) is 5.93. The number of aromatic nitrogens is 2. The number of esters is 1. The molecule has 1 heterocycles. The molecule has 0 aliphatic carbocycles. The summed E-state index contributed by atoms with van der Waals surface area (Å²) in [5.41, 5.74) is 0. The zero-order valence-corrected chi connectivity index (χ0v) is 9.98. The molecule has 16 heavy (non-hydrogen) atoms. The zero-order valence-electron chi connectivity index (χ0n) is 9.98. The first kappa shape index (κ1) is 12.6. The maximum Gasteiger partial charge on any atom is 0.309 e. The van der Waals surface area contributed by atoms with Crippen LogP contribution in [0.4, 0.5) is 0 Å². The maximum absolute atomic E-state index is 11.3. The maximum atomic E-state index is 11.3. The van der Waals surface area contributed by atoms with Crippen LogP contribution < -0.4 is 5.32 Å². The van der Waals surface area contributed by atoms with Crippen LogP contribution in [0.15, 0.2) is 4.52 Å². The highest BCUT2D eigenvalue weighted by atomic mass is 16.5. The van der Waals surface area contributed by atoms with E-state index in [4.69, 9.17) is 4.52 Å². The van der Waals surface area contributed by atoms with Crippen LogP contribution in [0, 0.1) is 12.8 Å². The molecule has 0 aliphatic heterocycles. The third-order valence-electron chi connectivity index (χ3n) is 2.47. The van der Waals surface area contributed by atoms with Crippen LogP contribution in [-0.2, 0) is 16.1 Å². The van der Waals surface area contributed by atoms with Crippen LogP contribution >= 0.6 is 0 Å². The lowest BCUT2D eigenvalue weighted by molar-refractivity contribution is -0.145. The minimum Gasteiger partial charge on any atom is -0.469 e. The van der Waals surface area contributed by atoms with Gasteiger partial charge in [-0.15, -0.1) is 0 Å². The van der Waals surface area contributed by atoms with Crippen molar-refractivity contribution < 1.29 is 14.1 Å². The quantitative estimate of drug-likeness (QED) is 0.745. The molecule has 0 aliphatic rings. The Hall–Kier alpha value is -1.43. The second-order valence-corrected chi connectivity index (χ2v) is 3.71. The zero-order chi connectivity index (χ0) is 12.1. The number of hydrogen-bond donors (Lipinski definition) is 1. The van der Waals surface area contributed by atoms with Gasteiger partial charge in [-0.2, -0.15) is 4.98 Å². The monoisotopic (exact) mass is 227 g/mol. The first-order chi connectivity index (χ1) is 7.54. The molecule has 6 heteroatoms. The van der Waals surface area contributed by atoms with Gasteiger partial charge in [0.05, 0.1) is 19.6 Å². The summed E-state index contributed by atoms with van der Waals surface area (Å²) in [5.74, 6) is 0.675. The highest BCUT2D eigenvalue weighted by molar-refractivity contribution is 5.72. The van der Waals surface area contributed by atoms with Crippen molar-refractivity contribution in [3.05, 3.63) is 11.7 Å². The first-order valence-corrected chi connectivity index (χ1v) is 5.15. The van der Waals surface area contributed by atoms with Crippen molar-refractivity contribution in [3.8, 4) is 0 Å². The average Bonchev–Trinajstić information content (AvgIpc) is 2.69. The molecule has 1 rings (SSSR count). The second-order valence-electron chi connectivity index (χ2n) is 3.71. The van der Waals surface area contributed by atoms with E-state index >= 15 is 0 Å². The van der Waals surface area contributed by atoms with E-state index in [1.165, 1.54) is 7.11 Å². The Morgan fingerprint density at radius 1 is 1.56 bits per heavy atom. The summed E-state index contributed by atoms with van der Waals surface area (Å²) in [4.78, 5) is 15.3. The largest absolute Gasteiger partial charge is 0.469 e. The van der Waals surface area contributed by atoms with Gasteiger partial charge in [-0.05, 0) is 6.92 Å². The third-order valence-corrected chi connectivity index (χ3v) is 2.47. The van der Waals surface area contributed by atoms with Gasteiger partial charge in [-0.3, -0.25) is 4.79 Å². The number of carbonyl (C=O) groups is 1. The lowest BCUT2D eigenvalue weighted by Crippen LogP contribution is -2.36. The van der Waals surface area contributed by atoms with Crippen molar-refractivity contribution in [1.82, 2.24) is 15.5 Å². The van der Waals surface area contributed by atoms with Crippen LogP contribution in [0.1, 0.15) is 25.6 Å². The van der Waals surface area contributed by atoms with E-state index in [2.05, 4.69) is 20.2 Å². The molecule has 0 radical (unpaired) electrons. The molecule has 0 fully saturated rings. The molecule has 0 spiro atoms. The van der Waals surface area contributed by atoms with Crippen molar-refractivity contribution in [2.24, 2.45) is 5.92 Å². The van der Waals surface area contributed by atoms with Gasteiger partial charge in [-0.1, -0.05) is 12.1 Å². The van der Waals surface area contributed by atoms with E-state index in [0.717, 1.165) is 0 Å². The number of ether oxygens (including phenoxy) is 1. The number of nitrogens with zero attached hydrogens (tertiary/aromatic N) is 2. The number of rotatable bonds is 5. The Bertz CT molecular complexity index is 351. The SMILES string of the molecule is COC(=O)C(C)C(C)NCc1noc(C)n1. The van der Waals surface area contributed by atoms with Crippen LogP contribution in [0.25, 0.3) is 0 Å². The smallest absolute Gasteiger partial charge is 0.309 e. The fourth-order valence-electron chi connectivity index (χ4n) is 1.23. The molecule has 2 unspecified atom stereocenters. The Labute approximate surface area is 94.4 Å². The van der Waals surface area contributed by atoms with Crippen molar-refractivity contribution in [1.29, 1.82) is 0 Å². The molecule has 1 aromatic heterocycles. The summed E-state index contributed by atoms with van der Waals surface area (Å²) in [7, 11) is 1.38.